The average molecular weight is 686 g/mol. The maximum absolute atomic E-state index is 14.1. The Balaban J connectivity index is 1.13. The number of furan rings is 1. The van der Waals surface area contributed by atoms with Crippen molar-refractivity contribution in [1.29, 1.82) is 0 Å². The van der Waals surface area contributed by atoms with E-state index in [2.05, 4.69) is 102 Å². The molecule has 52 heavy (non-hydrogen) atoms. The van der Waals surface area contributed by atoms with Crippen molar-refractivity contribution in [3.63, 3.8) is 0 Å². The Morgan fingerprint density at radius 2 is 1.19 bits per heavy atom. The number of hydrogen-bond acceptors (Lipinski definition) is 5. The lowest BCUT2D eigenvalue weighted by atomic mass is 9.99. The van der Waals surface area contributed by atoms with E-state index in [1.165, 1.54) is 15.5 Å². The van der Waals surface area contributed by atoms with E-state index in [0.29, 0.717) is 21.9 Å². The quantitative estimate of drug-likeness (QED) is 0.173. The lowest BCUT2D eigenvalue weighted by Gasteiger charge is -2.26. The normalized spacial score (nSPS) is 11.9. The molecule has 4 nitrogen and oxygen atoms in total. The van der Waals surface area contributed by atoms with E-state index in [4.69, 9.17) is 8.83 Å². The van der Waals surface area contributed by atoms with E-state index in [1.807, 2.05) is 66.7 Å². The Labute approximate surface area is 301 Å². The van der Waals surface area contributed by atoms with E-state index in [0.717, 1.165) is 65.6 Å². The highest BCUT2D eigenvalue weighted by Gasteiger charge is 2.24. The molecule has 0 bridgehead atoms. The van der Waals surface area contributed by atoms with Gasteiger partial charge in [0.1, 0.15) is 22.3 Å². The number of para-hydroxylation sites is 2. The van der Waals surface area contributed by atoms with Gasteiger partial charge in [0, 0.05) is 43.7 Å². The highest BCUT2D eigenvalue weighted by atomic mass is 32.1. The maximum Gasteiger partial charge on any atom is 0.200 e. The summed E-state index contributed by atoms with van der Waals surface area (Å²) in [4.78, 5) is 16.4. The van der Waals surface area contributed by atoms with Crippen molar-refractivity contribution in [2.45, 2.75) is 0 Å². The van der Waals surface area contributed by atoms with E-state index in [1.54, 1.807) is 11.3 Å². The summed E-state index contributed by atoms with van der Waals surface area (Å²) in [7, 11) is 0. The molecule has 0 spiro atoms. The van der Waals surface area contributed by atoms with Crippen LogP contribution in [-0.2, 0) is 0 Å². The van der Waals surface area contributed by atoms with Gasteiger partial charge >= 0.3 is 0 Å². The molecule has 244 valence electrons. The molecule has 0 radical (unpaired) electrons. The summed E-state index contributed by atoms with van der Waals surface area (Å²) in [5.41, 5.74) is 7.76. The third-order valence-corrected chi connectivity index (χ3v) is 11.4. The van der Waals surface area contributed by atoms with Gasteiger partial charge in [0.25, 0.3) is 0 Å². The van der Waals surface area contributed by atoms with Crippen LogP contribution in [0.25, 0.3) is 85.9 Å². The van der Waals surface area contributed by atoms with Crippen LogP contribution in [0.2, 0.25) is 0 Å². The third kappa shape index (κ3) is 4.36. The molecule has 3 heterocycles. The van der Waals surface area contributed by atoms with Crippen LogP contribution in [0.4, 0.5) is 17.1 Å². The SMILES string of the molecule is O=c1c2ccc(N(c3ccccc3)c3cc4c5ccccc5oc4c4c3sc3ccccc34)cc2oc2ccc(-c3ccc4ccccc4c3)cc12. The molecule has 0 amide bonds. The van der Waals surface area contributed by atoms with Crippen LogP contribution in [0, 0.1) is 0 Å². The van der Waals surface area contributed by atoms with E-state index < -0.39 is 0 Å². The van der Waals surface area contributed by atoms with Crippen molar-refractivity contribution in [2.24, 2.45) is 0 Å². The minimum absolute atomic E-state index is 0.0464. The second-order valence-corrected chi connectivity index (χ2v) is 14.3. The van der Waals surface area contributed by atoms with E-state index in [-0.39, 0.29) is 5.43 Å². The summed E-state index contributed by atoms with van der Waals surface area (Å²) in [5, 5.41) is 7.86. The molecule has 0 fully saturated rings. The molecule has 11 rings (SSSR count). The van der Waals surface area contributed by atoms with Crippen LogP contribution in [0.3, 0.4) is 0 Å². The topological polar surface area (TPSA) is 46.6 Å². The Morgan fingerprint density at radius 3 is 2.10 bits per heavy atom. The van der Waals surface area contributed by atoms with Crippen molar-refractivity contribution < 1.29 is 8.83 Å². The molecule has 0 aliphatic carbocycles. The van der Waals surface area contributed by atoms with Crippen molar-refractivity contribution in [1.82, 2.24) is 0 Å². The first kappa shape index (κ1) is 29.1. The molecular weight excluding hydrogens is 659 g/mol. The van der Waals surface area contributed by atoms with Crippen LogP contribution in [0.5, 0.6) is 0 Å². The minimum Gasteiger partial charge on any atom is -0.456 e. The van der Waals surface area contributed by atoms with Crippen LogP contribution in [0.1, 0.15) is 0 Å². The largest absolute Gasteiger partial charge is 0.456 e. The van der Waals surface area contributed by atoms with Crippen molar-refractivity contribution in [3.05, 3.63) is 174 Å². The number of rotatable bonds is 4. The fourth-order valence-corrected chi connectivity index (χ4v) is 8.95. The standard InChI is InChI=1S/C47H27NO3S/c49-45-35-22-21-33(26-42(35)50-41-23-20-31(25-38(41)45)30-19-18-28-10-4-5-11-29(28)24-30)48(32-12-2-1-3-13-32)39-27-37-34-14-6-8-16-40(34)51-46(37)44-36-15-7-9-17-43(36)52-47(39)44/h1-27H. The second-order valence-electron chi connectivity index (χ2n) is 13.2. The van der Waals surface area contributed by atoms with Gasteiger partial charge in [-0.1, -0.05) is 97.1 Å². The van der Waals surface area contributed by atoms with Crippen LogP contribution in [0.15, 0.2) is 177 Å². The van der Waals surface area contributed by atoms with Gasteiger partial charge in [-0.25, -0.2) is 0 Å². The fraction of sp³-hybridized carbons (Fsp3) is 0. The van der Waals surface area contributed by atoms with Crippen molar-refractivity contribution in [3.8, 4) is 11.1 Å². The summed E-state index contributed by atoms with van der Waals surface area (Å²) < 4.78 is 15.5. The van der Waals surface area contributed by atoms with Gasteiger partial charge < -0.3 is 13.7 Å². The number of hydrogen-bond donors (Lipinski definition) is 0. The number of fused-ring (bicyclic) bond motifs is 10. The Hall–Kier alpha value is -6.69. The van der Waals surface area contributed by atoms with E-state index in [9.17, 15) is 4.79 Å². The highest BCUT2D eigenvalue weighted by molar-refractivity contribution is 7.26. The van der Waals surface area contributed by atoms with Gasteiger partial charge in [-0.3, -0.25) is 4.79 Å². The molecule has 8 aromatic carbocycles. The van der Waals surface area contributed by atoms with E-state index >= 15 is 0 Å². The molecular formula is C47H27NO3S. The van der Waals surface area contributed by atoms with Gasteiger partial charge in [-0.15, -0.1) is 11.3 Å². The zero-order valence-corrected chi connectivity index (χ0v) is 28.5. The Bertz CT molecular complexity index is 3280. The lowest BCUT2D eigenvalue weighted by Crippen LogP contribution is -2.11. The van der Waals surface area contributed by atoms with Crippen LogP contribution >= 0.6 is 11.3 Å². The summed E-state index contributed by atoms with van der Waals surface area (Å²) >= 11 is 1.76. The predicted molar refractivity (Wildman–Crippen MR) is 218 cm³/mol. The van der Waals surface area contributed by atoms with Crippen molar-refractivity contribution in [2.75, 3.05) is 4.90 Å². The Kier molecular flexibility index (Phi) is 6.24. The van der Waals surface area contributed by atoms with Gasteiger partial charge in [0.2, 0.25) is 5.43 Å². The first-order valence-corrected chi connectivity index (χ1v) is 18.1. The fourth-order valence-electron chi connectivity index (χ4n) is 7.75. The number of anilines is 3. The molecule has 0 unspecified atom stereocenters. The molecule has 11 aromatic rings. The van der Waals surface area contributed by atoms with Crippen LogP contribution in [-0.4, -0.2) is 0 Å². The van der Waals surface area contributed by atoms with Gasteiger partial charge in [0.15, 0.2) is 0 Å². The molecule has 0 atom stereocenters. The molecule has 0 saturated heterocycles. The van der Waals surface area contributed by atoms with Gasteiger partial charge in [-0.2, -0.15) is 0 Å². The zero-order chi connectivity index (χ0) is 34.3. The van der Waals surface area contributed by atoms with Gasteiger partial charge in [0.05, 0.1) is 21.2 Å². The molecule has 0 saturated carbocycles. The number of nitrogens with zero attached hydrogens (tertiary/aromatic N) is 1. The lowest BCUT2D eigenvalue weighted by molar-refractivity contribution is 0.660. The summed E-state index contributed by atoms with van der Waals surface area (Å²) in [6.45, 7) is 0. The Morgan fingerprint density at radius 1 is 0.462 bits per heavy atom. The predicted octanol–water partition coefficient (Wildman–Crippen LogP) is 13.5. The average Bonchev–Trinajstić information content (AvgIpc) is 3.77. The molecule has 0 aliphatic rings. The summed E-state index contributed by atoms with van der Waals surface area (Å²) in [6, 6.07) is 55.9. The molecule has 3 aromatic heterocycles. The van der Waals surface area contributed by atoms with Crippen molar-refractivity contribution >= 4 is 103 Å². The third-order valence-electron chi connectivity index (χ3n) is 10.2. The monoisotopic (exact) mass is 685 g/mol. The first-order valence-electron chi connectivity index (χ1n) is 17.3. The second kappa shape index (κ2) is 11.2. The first-order chi connectivity index (χ1) is 25.7. The summed E-state index contributed by atoms with van der Waals surface area (Å²) in [6.07, 6.45) is 0. The van der Waals surface area contributed by atoms with Gasteiger partial charge in [-0.05, 0) is 82.6 Å². The highest BCUT2D eigenvalue weighted by Crippen LogP contribution is 2.50. The smallest absolute Gasteiger partial charge is 0.200 e. The number of thiophene rings is 1. The zero-order valence-electron chi connectivity index (χ0n) is 27.7. The molecule has 0 N–H and O–H groups in total. The minimum atomic E-state index is -0.0464. The maximum atomic E-state index is 14.1. The summed E-state index contributed by atoms with van der Waals surface area (Å²) in [5.74, 6) is 0. The van der Waals surface area contributed by atoms with Crippen LogP contribution < -0.4 is 10.3 Å². The molecule has 5 heteroatoms. The molecule has 0 aliphatic heterocycles. The number of benzene rings is 8.